The van der Waals surface area contributed by atoms with Crippen molar-refractivity contribution in [1.29, 1.82) is 0 Å². The Balaban J connectivity index is 0.00000364. The Hall–Kier alpha value is -0.130. The summed E-state index contributed by atoms with van der Waals surface area (Å²) < 4.78 is 34.2. The summed E-state index contributed by atoms with van der Waals surface area (Å²) in [5.74, 6) is 1.16. The van der Waals surface area contributed by atoms with Crippen LogP contribution < -0.4 is 5.32 Å². The fraction of sp³-hybridized carbons (Fsp3) is 0.944. The van der Waals surface area contributed by atoms with E-state index in [-0.39, 0.29) is 35.1 Å². The monoisotopic (exact) mass is 517 g/mol. The first-order valence-electron chi connectivity index (χ1n) is 9.69. The Labute approximate surface area is 181 Å². The lowest BCUT2D eigenvalue weighted by Crippen LogP contribution is -2.47. The number of nitrogens with zero attached hydrogens (tertiary/aromatic N) is 2. The SMILES string of the molecule is CCNC(=NCC1(CS(C)(=O)=O)CC1)N1CCC(OCCCOC)CC1.I. The number of guanidine groups is 1. The molecule has 0 aromatic heterocycles. The predicted octanol–water partition coefficient (Wildman–Crippen LogP) is 1.91. The maximum absolute atomic E-state index is 11.6. The van der Waals surface area contributed by atoms with Gasteiger partial charge in [-0.3, -0.25) is 4.99 Å². The first-order chi connectivity index (χ1) is 12.4. The molecule has 1 N–H and O–H groups in total. The Bertz CT molecular complexity index is 559. The third kappa shape index (κ3) is 9.27. The molecule has 1 aliphatic heterocycles. The highest BCUT2D eigenvalue weighted by atomic mass is 127. The molecule has 0 aromatic carbocycles. The van der Waals surface area contributed by atoms with Crippen LogP contribution in [0.4, 0.5) is 0 Å². The van der Waals surface area contributed by atoms with E-state index in [0.29, 0.717) is 12.6 Å². The molecule has 0 spiro atoms. The number of hydrogen-bond donors (Lipinski definition) is 1. The summed E-state index contributed by atoms with van der Waals surface area (Å²) in [5, 5.41) is 3.36. The quantitative estimate of drug-likeness (QED) is 0.207. The molecule has 0 radical (unpaired) electrons. The number of sulfone groups is 1. The average Bonchev–Trinajstić information content (AvgIpc) is 3.34. The molecule has 1 saturated carbocycles. The molecule has 0 bridgehead atoms. The zero-order chi connectivity index (χ0) is 19.0. The highest BCUT2D eigenvalue weighted by Gasteiger charge is 2.45. The van der Waals surface area contributed by atoms with Crippen LogP contribution >= 0.6 is 24.0 Å². The maximum atomic E-state index is 11.6. The molecule has 1 saturated heterocycles. The lowest BCUT2D eigenvalue weighted by atomic mass is 10.1. The number of rotatable bonds is 10. The summed E-state index contributed by atoms with van der Waals surface area (Å²) in [5.41, 5.74) is -0.128. The molecule has 0 amide bonds. The summed E-state index contributed by atoms with van der Waals surface area (Å²) in [6, 6.07) is 0. The van der Waals surface area contributed by atoms with Crippen molar-refractivity contribution in [1.82, 2.24) is 10.2 Å². The first-order valence-corrected chi connectivity index (χ1v) is 11.7. The van der Waals surface area contributed by atoms with Crippen LogP contribution in [0.1, 0.15) is 39.0 Å². The molecule has 0 atom stereocenters. The zero-order valence-corrected chi connectivity index (χ0v) is 20.1. The standard InChI is InChI=1S/C18H35N3O4S.HI/c1-4-19-17(20-14-18(8-9-18)15-26(3,22)23)21-10-6-16(7-11-21)25-13-5-12-24-2;/h16H,4-15H2,1-3H3,(H,19,20);1H. The fourth-order valence-electron chi connectivity index (χ4n) is 3.44. The van der Waals surface area contributed by atoms with Gasteiger partial charge in [-0.05, 0) is 39.0 Å². The van der Waals surface area contributed by atoms with Crippen molar-refractivity contribution >= 4 is 39.8 Å². The van der Waals surface area contributed by atoms with Crippen LogP contribution in [0.2, 0.25) is 0 Å². The lowest BCUT2D eigenvalue weighted by Gasteiger charge is -2.34. The Kier molecular flexibility index (Phi) is 10.9. The van der Waals surface area contributed by atoms with Crippen molar-refractivity contribution in [3.05, 3.63) is 0 Å². The van der Waals surface area contributed by atoms with E-state index in [4.69, 9.17) is 14.5 Å². The summed E-state index contributed by atoms with van der Waals surface area (Å²) in [6.45, 7) is 6.79. The molecule has 2 rings (SSSR count). The number of halogens is 1. The fourth-order valence-corrected chi connectivity index (χ4v) is 4.93. The predicted molar refractivity (Wildman–Crippen MR) is 120 cm³/mol. The van der Waals surface area contributed by atoms with Gasteiger partial charge in [-0.1, -0.05) is 0 Å². The highest BCUT2D eigenvalue weighted by Crippen LogP contribution is 2.46. The third-order valence-electron chi connectivity index (χ3n) is 5.01. The first kappa shape index (κ1) is 24.9. The van der Waals surface area contributed by atoms with Gasteiger partial charge in [-0.2, -0.15) is 0 Å². The summed E-state index contributed by atoms with van der Waals surface area (Å²) >= 11 is 0. The summed E-state index contributed by atoms with van der Waals surface area (Å²) in [6.07, 6.45) is 6.46. The molecule has 160 valence electrons. The number of piperidine rings is 1. The van der Waals surface area contributed by atoms with Crippen LogP contribution in [0.15, 0.2) is 4.99 Å². The number of hydrogen-bond acceptors (Lipinski definition) is 5. The molecule has 1 heterocycles. The molecule has 0 unspecified atom stereocenters. The molecule has 1 aliphatic carbocycles. The zero-order valence-electron chi connectivity index (χ0n) is 16.9. The van der Waals surface area contributed by atoms with Crippen LogP contribution in [-0.4, -0.2) is 83.9 Å². The Morgan fingerprint density at radius 2 is 1.93 bits per heavy atom. The maximum Gasteiger partial charge on any atom is 0.193 e. The number of nitrogens with one attached hydrogen (secondary N) is 1. The Morgan fingerprint density at radius 1 is 1.26 bits per heavy atom. The van der Waals surface area contributed by atoms with Gasteiger partial charge in [0.2, 0.25) is 0 Å². The van der Waals surface area contributed by atoms with Crippen molar-refractivity contribution in [2.45, 2.75) is 45.1 Å². The minimum absolute atomic E-state index is 0. The Morgan fingerprint density at radius 3 is 2.44 bits per heavy atom. The molecule has 2 fully saturated rings. The number of methoxy groups -OCH3 is 1. The van der Waals surface area contributed by atoms with Crippen molar-refractivity contribution in [2.75, 3.05) is 58.5 Å². The van der Waals surface area contributed by atoms with Crippen LogP contribution in [0.25, 0.3) is 0 Å². The van der Waals surface area contributed by atoms with Crippen molar-refractivity contribution in [3.63, 3.8) is 0 Å². The molecule has 7 nitrogen and oxygen atoms in total. The van der Waals surface area contributed by atoms with E-state index < -0.39 is 9.84 Å². The van der Waals surface area contributed by atoms with E-state index in [2.05, 4.69) is 17.1 Å². The van der Waals surface area contributed by atoms with E-state index in [1.807, 2.05) is 0 Å². The van der Waals surface area contributed by atoms with Crippen molar-refractivity contribution < 1.29 is 17.9 Å². The van der Waals surface area contributed by atoms with Gasteiger partial charge >= 0.3 is 0 Å². The van der Waals surface area contributed by atoms with E-state index in [1.54, 1.807) is 7.11 Å². The van der Waals surface area contributed by atoms with E-state index >= 15 is 0 Å². The molecular formula is C18H36IN3O4S. The smallest absolute Gasteiger partial charge is 0.193 e. The number of likely N-dealkylation sites (tertiary alicyclic amines) is 1. The normalized spacial score (nSPS) is 20.3. The van der Waals surface area contributed by atoms with Crippen LogP contribution in [0.3, 0.4) is 0 Å². The van der Waals surface area contributed by atoms with Gasteiger partial charge in [0.05, 0.1) is 11.9 Å². The van der Waals surface area contributed by atoms with Gasteiger partial charge in [-0.15, -0.1) is 24.0 Å². The van der Waals surface area contributed by atoms with Gasteiger partial charge in [0, 0.05) is 58.2 Å². The van der Waals surface area contributed by atoms with Crippen LogP contribution in [0, 0.1) is 5.41 Å². The summed E-state index contributed by atoms with van der Waals surface area (Å²) in [4.78, 5) is 7.05. The molecule has 9 heteroatoms. The summed E-state index contributed by atoms with van der Waals surface area (Å²) in [7, 11) is -1.24. The number of ether oxygens (including phenoxy) is 2. The van der Waals surface area contributed by atoms with E-state index in [0.717, 1.165) is 70.9 Å². The second-order valence-electron chi connectivity index (χ2n) is 7.64. The second-order valence-corrected chi connectivity index (χ2v) is 9.78. The lowest BCUT2D eigenvalue weighted by molar-refractivity contribution is 0.00989. The van der Waals surface area contributed by atoms with Gasteiger partial charge in [0.1, 0.15) is 9.84 Å². The number of aliphatic imine (C=N–C) groups is 1. The minimum atomic E-state index is -2.95. The molecule has 0 aromatic rings. The van der Waals surface area contributed by atoms with E-state index in [9.17, 15) is 8.42 Å². The second kappa shape index (κ2) is 11.8. The van der Waals surface area contributed by atoms with Gasteiger partial charge in [0.15, 0.2) is 5.96 Å². The van der Waals surface area contributed by atoms with Crippen LogP contribution in [-0.2, 0) is 19.3 Å². The molecule has 2 aliphatic rings. The molecule has 27 heavy (non-hydrogen) atoms. The van der Waals surface area contributed by atoms with Crippen LogP contribution in [0.5, 0.6) is 0 Å². The van der Waals surface area contributed by atoms with Crippen molar-refractivity contribution in [2.24, 2.45) is 10.4 Å². The topological polar surface area (TPSA) is 80.2 Å². The largest absolute Gasteiger partial charge is 0.385 e. The third-order valence-corrected chi connectivity index (χ3v) is 6.15. The van der Waals surface area contributed by atoms with Crippen molar-refractivity contribution in [3.8, 4) is 0 Å². The van der Waals surface area contributed by atoms with E-state index in [1.165, 1.54) is 6.26 Å². The van der Waals surface area contributed by atoms with Gasteiger partial charge in [-0.25, -0.2) is 8.42 Å². The average molecular weight is 517 g/mol. The van der Waals surface area contributed by atoms with Gasteiger partial charge < -0.3 is 19.7 Å². The van der Waals surface area contributed by atoms with Gasteiger partial charge in [0.25, 0.3) is 0 Å². The molecular weight excluding hydrogens is 481 g/mol. The minimum Gasteiger partial charge on any atom is -0.385 e. The highest BCUT2D eigenvalue weighted by molar-refractivity contribution is 14.0.